The standard InChI is InChI=1S/C14H19FN2O3/c1-14(2,3)20-13(19)17-7-10(8-17)16-11-5-4-9(15)6-12(11)18/h4-6,10,16,18H,7-8H2,1-3H3. The van der Waals surface area contributed by atoms with Gasteiger partial charge in [0.25, 0.3) is 0 Å². The highest BCUT2D eigenvalue weighted by Gasteiger charge is 2.33. The lowest BCUT2D eigenvalue weighted by molar-refractivity contribution is 0.0105. The highest BCUT2D eigenvalue weighted by molar-refractivity contribution is 5.70. The first kappa shape index (κ1) is 14.4. The quantitative estimate of drug-likeness (QED) is 0.818. The maximum atomic E-state index is 12.8. The predicted octanol–water partition coefficient (Wildman–Crippen LogP) is 2.56. The molecule has 110 valence electrons. The summed E-state index contributed by atoms with van der Waals surface area (Å²) >= 11 is 0. The van der Waals surface area contributed by atoms with Crippen LogP contribution in [0.15, 0.2) is 18.2 Å². The molecule has 0 atom stereocenters. The van der Waals surface area contributed by atoms with E-state index >= 15 is 0 Å². The van der Waals surface area contributed by atoms with E-state index in [-0.39, 0.29) is 17.9 Å². The Hall–Kier alpha value is -1.98. The average Bonchev–Trinajstić information content (AvgIpc) is 2.22. The maximum Gasteiger partial charge on any atom is 0.410 e. The monoisotopic (exact) mass is 282 g/mol. The van der Waals surface area contributed by atoms with Crippen molar-refractivity contribution in [1.82, 2.24) is 4.90 Å². The van der Waals surface area contributed by atoms with Gasteiger partial charge >= 0.3 is 6.09 Å². The minimum Gasteiger partial charge on any atom is -0.506 e. The Morgan fingerprint density at radius 2 is 2.10 bits per heavy atom. The Balaban J connectivity index is 1.83. The number of halogens is 1. The second-order valence-corrected chi connectivity index (χ2v) is 5.89. The van der Waals surface area contributed by atoms with Crippen molar-refractivity contribution in [2.75, 3.05) is 18.4 Å². The molecule has 0 radical (unpaired) electrons. The van der Waals surface area contributed by atoms with Crippen LogP contribution in [0.5, 0.6) is 5.75 Å². The fraction of sp³-hybridized carbons (Fsp3) is 0.500. The fourth-order valence-corrected chi connectivity index (χ4v) is 1.89. The van der Waals surface area contributed by atoms with E-state index in [4.69, 9.17) is 4.74 Å². The summed E-state index contributed by atoms with van der Waals surface area (Å²) in [5.41, 5.74) is -0.0505. The van der Waals surface area contributed by atoms with Gasteiger partial charge in [0, 0.05) is 19.2 Å². The summed E-state index contributed by atoms with van der Waals surface area (Å²) in [5, 5.41) is 12.6. The van der Waals surface area contributed by atoms with E-state index in [0.717, 1.165) is 6.07 Å². The third-order valence-corrected chi connectivity index (χ3v) is 2.85. The summed E-state index contributed by atoms with van der Waals surface area (Å²) in [6.07, 6.45) is -0.348. The minimum atomic E-state index is -0.509. The number of hydrogen-bond acceptors (Lipinski definition) is 4. The fourth-order valence-electron chi connectivity index (χ4n) is 1.89. The Kier molecular flexibility index (Phi) is 3.74. The molecule has 5 nitrogen and oxygen atoms in total. The molecule has 2 N–H and O–H groups in total. The SMILES string of the molecule is CC(C)(C)OC(=O)N1CC(Nc2ccc(F)cc2O)C1. The molecule has 1 saturated heterocycles. The normalized spacial score (nSPS) is 15.7. The van der Waals surface area contributed by atoms with Crippen LogP contribution < -0.4 is 5.32 Å². The Morgan fingerprint density at radius 3 is 2.65 bits per heavy atom. The number of nitrogens with one attached hydrogen (secondary N) is 1. The Morgan fingerprint density at radius 1 is 1.45 bits per heavy atom. The molecule has 1 aromatic carbocycles. The highest BCUT2D eigenvalue weighted by atomic mass is 19.1. The van der Waals surface area contributed by atoms with Crippen molar-refractivity contribution in [1.29, 1.82) is 0 Å². The molecule has 0 saturated carbocycles. The molecule has 20 heavy (non-hydrogen) atoms. The number of likely N-dealkylation sites (tertiary alicyclic amines) is 1. The Bertz CT molecular complexity index is 508. The van der Waals surface area contributed by atoms with Gasteiger partial charge in [-0.2, -0.15) is 0 Å². The number of amides is 1. The van der Waals surface area contributed by atoms with E-state index in [0.29, 0.717) is 18.8 Å². The van der Waals surface area contributed by atoms with Gasteiger partial charge in [-0.1, -0.05) is 0 Å². The molecule has 0 aromatic heterocycles. The van der Waals surface area contributed by atoms with E-state index < -0.39 is 11.4 Å². The number of benzene rings is 1. The second-order valence-electron chi connectivity index (χ2n) is 5.89. The third kappa shape index (κ3) is 3.53. The highest BCUT2D eigenvalue weighted by Crippen LogP contribution is 2.26. The van der Waals surface area contributed by atoms with Gasteiger partial charge in [0.05, 0.1) is 11.7 Å². The number of hydrogen-bond donors (Lipinski definition) is 2. The zero-order chi connectivity index (χ0) is 14.9. The van der Waals surface area contributed by atoms with Crippen LogP contribution >= 0.6 is 0 Å². The summed E-state index contributed by atoms with van der Waals surface area (Å²) in [4.78, 5) is 13.3. The molecule has 2 rings (SSSR count). The predicted molar refractivity (Wildman–Crippen MR) is 73.3 cm³/mol. The van der Waals surface area contributed by atoms with Gasteiger partial charge < -0.3 is 20.1 Å². The van der Waals surface area contributed by atoms with Crippen LogP contribution in [0.25, 0.3) is 0 Å². The van der Waals surface area contributed by atoms with E-state index in [1.54, 1.807) is 4.90 Å². The number of ether oxygens (including phenoxy) is 1. The molecular formula is C14H19FN2O3. The molecule has 1 amide bonds. The van der Waals surface area contributed by atoms with Gasteiger partial charge in [-0.15, -0.1) is 0 Å². The van der Waals surface area contributed by atoms with Crippen molar-refractivity contribution >= 4 is 11.8 Å². The summed E-state index contributed by atoms with van der Waals surface area (Å²) in [5.74, 6) is -0.627. The molecule has 1 aliphatic heterocycles. The number of aromatic hydroxyl groups is 1. The van der Waals surface area contributed by atoms with Crippen LogP contribution in [0.4, 0.5) is 14.9 Å². The zero-order valence-electron chi connectivity index (χ0n) is 11.8. The number of nitrogens with zero attached hydrogens (tertiary/aromatic N) is 1. The van der Waals surface area contributed by atoms with Gasteiger partial charge in [-0.05, 0) is 32.9 Å². The number of rotatable bonds is 2. The molecule has 1 aromatic rings. The Labute approximate surface area is 117 Å². The van der Waals surface area contributed by atoms with Crippen molar-refractivity contribution in [2.45, 2.75) is 32.4 Å². The molecule has 1 aliphatic rings. The average molecular weight is 282 g/mol. The van der Waals surface area contributed by atoms with Gasteiger partial charge in [0.2, 0.25) is 0 Å². The van der Waals surface area contributed by atoms with Crippen LogP contribution in [0, 0.1) is 5.82 Å². The van der Waals surface area contributed by atoms with Gasteiger partial charge in [-0.25, -0.2) is 9.18 Å². The number of phenolic OH excluding ortho intramolecular Hbond substituents is 1. The van der Waals surface area contributed by atoms with E-state index in [1.165, 1.54) is 12.1 Å². The summed E-state index contributed by atoms with van der Waals surface area (Å²) < 4.78 is 18.1. The van der Waals surface area contributed by atoms with Gasteiger partial charge in [0.1, 0.15) is 17.2 Å². The topological polar surface area (TPSA) is 61.8 Å². The molecule has 0 unspecified atom stereocenters. The minimum absolute atomic E-state index is 0.0267. The summed E-state index contributed by atoms with van der Waals surface area (Å²) in [7, 11) is 0. The van der Waals surface area contributed by atoms with Crippen molar-refractivity contribution in [3.63, 3.8) is 0 Å². The molecule has 1 fully saturated rings. The third-order valence-electron chi connectivity index (χ3n) is 2.85. The number of anilines is 1. The second kappa shape index (κ2) is 5.19. The van der Waals surface area contributed by atoms with Crippen LogP contribution in [0.2, 0.25) is 0 Å². The number of carbonyl (C=O) groups is 1. The van der Waals surface area contributed by atoms with E-state index in [9.17, 15) is 14.3 Å². The maximum absolute atomic E-state index is 12.8. The molecular weight excluding hydrogens is 263 g/mol. The van der Waals surface area contributed by atoms with Crippen molar-refractivity contribution in [3.8, 4) is 5.75 Å². The molecule has 0 aliphatic carbocycles. The van der Waals surface area contributed by atoms with Crippen LogP contribution in [0.3, 0.4) is 0 Å². The zero-order valence-corrected chi connectivity index (χ0v) is 11.8. The molecule has 1 heterocycles. The number of carbonyl (C=O) groups excluding carboxylic acids is 1. The van der Waals surface area contributed by atoms with E-state index in [2.05, 4.69) is 5.32 Å². The van der Waals surface area contributed by atoms with Crippen LogP contribution in [0.1, 0.15) is 20.8 Å². The lowest BCUT2D eigenvalue weighted by Gasteiger charge is -2.40. The summed E-state index contributed by atoms with van der Waals surface area (Å²) in [6, 6.07) is 3.82. The first-order valence-corrected chi connectivity index (χ1v) is 6.47. The first-order chi connectivity index (χ1) is 9.24. The van der Waals surface area contributed by atoms with E-state index in [1.807, 2.05) is 20.8 Å². The molecule has 6 heteroatoms. The molecule has 0 spiro atoms. The van der Waals surface area contributed by atoms with Crippen molar-refractivity contribution < 1.29 is 19.0 Å². The molecule has 0 bridgehead atoms. The lowest BCUT2D eigenvalue weighted by Crippen LogP contribution is -2.57. The lowest BCUT2D eigenvalue weighted by atomic mass is 10.1. The van der Waals surface area contributed by atoms with Gasteiger partial charge in [0.15, 0.2) is 0 Å². The largest absolute Gasteiger partial charge is 0.506 e. The van der Waals surface area contributed by atoms with Crippen molar-refractivity contribution in [3.05, 3.63) is 24.0 Å². The van der Waals surface area contributed by atoms with Crippen molar-refractivity contribution in [2.24, 2.45) is 0 Å². The number of phenols is 1. The smallest absolute Gasteiger partial charge is 0.410 e. The first-order valence-electron chi connectivity index (χ1n) is 6.47. The van der Waals surface area contributed by atoms with Crippen LogP contribution in [-0.4, -0.2) is 40.8 Å². The summed E-state index contributed by atoms with van der Waals surface area (Å²) in [6.45, 7) is 6.43. The van der Waals surface area contributed by atoms with Gasteiger partial charge in [-0.3, -0.25) is 0 Å². The van der Waals surface area contributed by atoms with Crippen LogP contribution in [-0.2, 0) is 4.74 Å².